The lowest BCUT2D eigenvalue weighted by atomic mass is 10.1. The molecule has 21 heavy (non-hydrogen) atoms. The first-order valence-corrected chi connectivity index (χ1v) is 7.45. The van der Waals surface area contributed by atoms with Crippen molar-refractivity contribution in [2.45, 2.75) is 39.0 Å². The number of benzene rings is 1. The van der Waals surface area contributed by atoms with Crippen LogP contribution >= 0.6 is 0 Å². The summed E-state index contributed by atoms with van der Waals surface area (Å²) in [6.45, 7) is 1.86. The van der Waals surface area contributed by atoms with E-state index in [0.717, 1.165) is 42.1 Å². The molecule has 0 radical (unpaired) electrons. The van der Waals surface area contributed by atoms with Gasteiger partial charge in [-0.1, -0.05) is 6.07 Å². The molecule has 108 valence electrons. The molecule has 4 rings (SSSR count). The first-order valence-electron chi connectivity index (χ1n) is 7.45. The highest BCUT2D eigenvalue weighted by Crippen LogP contribution is 2.20. The lowest BCUT2D eigenvalue weighted by molar-refractivity contribution is 0.282. The maximum absolute atomic E-state index is 9.22. The summed E-state index contributed by atoms with van der Waals surface area (Å²) in [5.74, 6) is 2.16. The zero-order valence-electron chi connectivity index (χ0n) is 11.9. The molecule has 1 N–H and O–H groups in total. The summed E-state index contributed by atoms with van der Waals surface area (Å²) in [5, 5.41) is 19.0. The second kappa shape index (κ2) is 5.00. The minimum absolute atomic E-state index is 0.0821. The summed E-state index contributed by atoms with van der Waals surface area (Å²) in [5.41, 5.74) is 2.11. The highest BCUT2D eigenvalue weighted by Gasteiger charge is 2.16. The summed E-state index contributed by atoms with van der Waals surface area (Å²) in [7, 11) is 0. The van der Waals surface area contributed by atoms with Crippen LogP contribution in [0.5, 0.6) is 0 Å². The van der Waals surface area contributed by atoms with Crippen molar-refractivity contribution in [3.63, 3.8) is 0 Å². The number of fused-ring (bicyclic) bond motifs is 2. The van der Waals surface area contributed by atoms with Crippen molar-refractivity contribution in [3.8, 4) is 0 Å². The van der Waals surface area contributed by atoms with Gasteiger partial charge in [0.25, 0.3) is 0 Å². The minimum atomic E-state index is 0.0821. The van der Waals surface area contributed by atoms with E-state index in [4.69, 9.17) is 0 Å². The Labute approximate surface area is 122 Å². The first kappa shape index (κ1) is 12.6. The Bertz CT molecular complexity index is 787. The van der Waals surface area contributed by atoms with E-state index in [0.29, 0.717) is 0 Å². The van der Waals surface area contributed by atoms with Crippen LogP contribution < -0.4 is 0 Å². The van der Waals surface area contributed by atoms with Crippen LogP contribution in [0.25, 0.3) is 10.9 Å². The van der Waals surface area contributed by atoms with Gasteiger partial charge in [-0.3, -0.25) is 0 Å². The monoisotopic (exact) mass is 282 g/mol. The third-order valence-electron chi connectivity index (χ3n) is 4.27. The molecule has 0 saturated carbocycles. The number of aliphatic hydroxyl groups is 1. The highest BCUT2D eigenvalue weighted by atomic mass is 16.3. The van der Waals surface area contributed by atoms with Gasteiger partial charge in [0.2, 0.25) is 0 Å². The lowest BCUT2D eigenvalue weighted by Gasteiger charge is -2.15. The van der Waals surface area contributed by atoms with Crippen molar-refractivity contribution in [3.05, 3.63) is 47.7 Å². The summed E-state index contributed by atoms with van der Waals surface area (Å²) >= 11 is 0. The molecule has 5 heteroatoms. The third kappa shape index (κ3) is 2.14. The van der Waals surface area contributed by atoms with Gasteiger partial charge < -0.3 is 14.2 Å². The normalized spacial score (nSPS) is 14.5. The van der Waals surface area contributed by atoms with E-state index in [1.165, 1.54) is 18.4 Å². The smallest absolute Gasteiger partial charge is 0.153 e. The number of hydrogen-bond donors (Lipinski definition) is 1. The number of aryl methyl sites for hydroxylation is 1. The van der Waals surface area contributed by atoms with Crippen molar-refractivity contribution >= 4 is 10.9 Å². The number of aliphatic hydroxyl groups excluding tert-OH is 1. The molecule has 0 atom stereocenters. The SMILES string of the molecule is OCc1ccc2c(ccn2Cc2nnc3n2CCCC3)c1. The van der Waals surface area contributed by atoms with E-state index in [-0.39, 0.29) is 6.61 Å². The molecule has 0 fully saturated rings. The molecule has 1 aliphatic heterocycles. The second-order valence-electron chi connectivity index (χ2n) is 5.64. The topological polar surface area (TPSA) is 55.9 Å². The number of nitrogens with zero attached hydrogens (tertiary/aromatic N) is 4. The summed E-state index contributed by atoms with van der Waals surface area (Å²) in [6.07, 6.45) is 5.55. The largest absolute Gasteiger partial charge is 0.392 e. The fourth-order valence-electron chi connectivity index (χ4n) is 3.12. The zero-order valence-corrected chi connectivity index (χ0v) is 11.9. The Hall–Kier alpha value is -2.14. The van der Waals surface area contributed by atoms with Crippen molar-refractivity contribution in [1.82, 2.24) is 19.3 Å². The van der Waals surface area contributed by atoms with Gasteiger partial charge in [0.1, 0.15) is 5.82 Å². The lowest BCUT2D eigenvalue weighted by Crippen LogP contribution is -2.14. The molecule has 0 aliphatic carbocycles. The molecule has 0 bridgehead atoms. The summed E-state index contributed by atoms with van der Waals surface area (Å²) in [4.78, 5) is 0. The van der Waals surface area contributed by atoms with Crippen molar-refractivity contribution in [2.24, 2.45) is 0 Å². The quantitative estimate of drug-likeness (QED) is 0.800. The van der Waals surface area contributed by atoms with Crippen LogP contribution in [0.3, 0.4) is 0 Å². The fourth-order valence-corrected chi connectivity index (χ4v) is 3.12. The van der Waals surface area contributed by atoms with Gasteiger partial charge in [0, 0.05) is 24.7 Å². The molecule has 1 aromatic carbocycles. The van der Waals surface area contributed by atoms with Gasteiger partial charge in [-0.15, -0.1) is 10.2 Å². The van der Waals surface area contributed by atoms with Crippen LogP contribution in [0, 0.1) is 0 Å². The molecule has 5 nitrogen and oxygen atoms in total. The first-order chi connectivity index (χ1) is 10.3. The van der Waals surface area contributed by atoms with E-state index >= 15 is 0 Å². The van der Waals surface area contributed by atoms with Crippen molar-refractivity contribution < 1.29 is 5.11 Å². The van der Waals surface area contributed by atoms with E-state index in [2.05, 4.69) is 37.7 Å². The van der Waals surface area contributed by atoms with Gasteiger partial charge in [0.15, 0.2) is 5.82 Å². The van der Waals surface area contributed by atoms with Crippen LogP contribution in [-0.4, -0.2) is 24.4 Å². The van der Waals surface area contributed by atoms with Gasteiger partial charge in [-0.2, -0.15) is 0 Å². The van der Waals surface area contributed by atoms with Crippen molar-refractivity contribution in [2.75, 3.05) is 0 Å². The molecule has 0 saturated heterocycles. The Morgan fingerprint density at radius 2 is 2.10 bits per heavy atom. The maximum atomic E-state index is 9.22. The summed E-state index contributed by atoms with van der Waals surface area (Å²) < 4.78 is 4.46. The standard InChI is InChI=1S/C16H18N4O/c21-11-12-4-5-14-13(9-12)6-8-19(14)10-16-18-17-15-3-1-2-7-20(15)16/h4-6,8-9,21H,1-3,7,10-11H2. The fraction of sp³-hybridized carbons (Fsp3) is 0.375. The second-order valence-corrected chi connectivity index (χ2v) is 5.64. The molecule has 3 heterocycles. The Balaban J connectivity index is 1.70. The maximum Gasteiger partial charge on any atom is 0.153 e. The molecule has 3 aromatic rings. The highest BCUT2D eigenvalue weighted by molar-refractivity contribution is 5.80. The number of aromatic nitrogens is 4. The predicted octanol–water partition coefficient (Wildman–Crippen LogP) is 2.11. The molecule has 0 amide bonds. The summed E-state index contributed by atoms with van der Waals surface area (Å²) in [6, 6.07) is 8.15. The molecular formula is C16H18N4O. The molecule has 0 spiro atoms. The van der Waals surface area contributed by atoms with Gasteiger partial charge >= 0.3 is 0 Å². The molecule has 1 aliphatic rings. The van der Waals surface area contributed by atoms with E-state index in [1.807, 2.05) is 12.1 Å². The number of hydrogen-bond acceptors (Lipinski definition) is 3. The predicted molar refractivity (Wildman–Crippen MR) is 79.9 cm³/mol. The van der Waals surface area contributed by atoms with Crippen LogP contribution in [0.1, 0.15) is 30.1 Å². The average molecular weight is 282 g/mol. The zero-order chi connectivity index (χ0) is 14.2. The Kier molecular flexibility index (Phi) is 3.00. The van der Waals surface area contributed by atoms with E-state index in [1.54, 1.807) is 0 Å². The molecular weight excluding hydrogens is 264 g/mol. The van der Waals surface area contributed by atoms with Crippen LogP contribution in [0.4, 0.5) is 0 Å². The van der Waals surface area contributed by atoms with Crippen LogP contribution in [0.15, 0.2) is 30.5 Å². The van der Waals surface area contributed by atoms with Crippen molar-refractivity contribution in [1.29, 1.82) is 0 Å². The molecule has 0 unspecified atom stereocenters. The number of rotatable bonds is 3. The van der Waals surface area contributed by atoms with E-state index in [9.17, 15) is 5.11 Å². The Morgan fingerprint density at radius 3 is 3.00 bits per heavy atom. The average Bonchev–Trinajstić information content (AvgIpc) is 3.12. The van der Waals surface area contributed by atoms with Gasteiger partial charge in [-0.05, 0) is 42.0 Å². The van der Waals surface area contributed by atoms with E-state index < -0.39 is 0 Å². The molecule has 2 aromatic heterocycles. The minimum Gasteiger partial charge on any atom is -0.392 e. The third-order valence-corrected chi connectivity index (χ3v) is 4.27. The van der Waals surface area contributed by atoms with Crippen LogP contribution in [0.2, 0.25) is 0 Å². The van der Waals surface area contributed by atoms with Crippen LogP contribution in [-0.2, 0) is 26.1 Å². The Morgan fingerprint density at radius 1 is 1.14 bits per heavy atom. The van der Waals surface area contributed by atoms with Gasteiger partial charge in [-0.25, -0.2) is 0 Å². The van der Waals surface area contributed by atoms with Gasteiger partial charge in [0.05, 0.1) is 13.2 Å².